The fraction of sp³-hybridized carbons (Fsp3) is 1.00. The minimum Gasteiger partial charge on any atom is -0.396 e. The highest BCUT2D eigenvalue weighted by molar-refractivity contribution is 7.80. The van der Waals surface area contributed by atoms with E-state index in [1.165, 1.54) is 180 Å². The maximum Gasteiger partial charge on any atom is 0.397 e. The van der Waals surface area contributed by atoms with Gasteiger partial charge < -0.3 is 5.11 Å². The van der Waals surface area contributed by atoms with Crippen molar-refractivity contribution in [2.45, 2.75) is 245 Å². The highest BCUT2D eigenvalue weighted by Gasteiger charge is 2.26. The van der Waals surface area contributed by atoms with Gasteiger partial charge in [-0.15, -0.1) is 0 Å². The summed E-state index contributed by atoms with van der Waals surface area (Å²) in [7, 11) is -4.52. The first kappa shape index (κ1) is 45.8. The molecular weight excluding hydrogens is 593 g/mol. The van der Waals surface area contributed by atoms with E-state index >= 15 is 0 Å². The molecule has 0 aliphatic rings. The van der Waals surface area contributed by atoms with E-state index in [9.17, 15) is 18.1 Å². The maximum atomic E-state index is 11.5. The van der Waals surface area contributed by atoms with Crippen molar-refractivity contribution in [1.29, 1.82) is 0 Å². The first-order valence-electron chi connectivity index (χ1n) is 20.7. The number of aliphatic hydroxyl groups is 1. The van der Waals surface area contributed by atoms with Gasteiger partial charge in [0.05, 0.1) is 6.10 Å². The molecule has 0 aromatic carbocycles. The van der Waals surface area contributed by atoms with E-state index in [4.69, 9.17) is 4.18 Å². The van der Waals surface area contributed by atoms with Gasteiger partial charge in [0.1, 0.15) is 0 Å². The van der Waals surface area contributed by atoms with Crippen LogP contribution in [-0.4, -0.2) is 30.8 Å². The quantitative estimate of drug-likeness (QED) is 0.0501. The molecular formula is C40H82O5S. The zero-order valence-electron chi connectivity index (χ0n) is 31.1. The van der Waals surface area contributed by atoms with Gasteiger partial charge in [0.15, 0.2) is 0 Å². The van der Waals surface area contributed by atoms with Crippen LogP contribution >= 0.6 is 0 Å². The standard InChI is InChI=1S/C40H82O5S/c1-3-5-7-9-11-13-15-17-19-21-23-25-27-29-31-33-35-39(40(37-38-41)45-46(42,43)44)36-34-32-30-28-26-24-22-20-18-16-14-12-10-8-6-4-2/h39-41H,3-38H2,1-2H3,(H,42,43,44). The van der Waals surface area contributed by atoms with Crippen molar-refractivity contribution < 1.29 is 22.3 Å². The van der Waals surface area contributed by atoms with Gasteiger partial charge in [0.2, 0.25) is 0 Å². The Labute approximate surface area is 289 Å². The van der Waals surface area contributed by atoms with Gasteiger partial charge in [0.25, 0.3) is 0 Å². The van der Waals surface area contributed by atoms with Crippen LogP contribution in [0.15, 0.2) is 0 Å². The molecule has 278 valence electrons. The number of rotatable bonds is 39. The maximum absolute atomic E-state index is 11.5. The van der Waals surface area contributed by atoms with Crippen molar-refractivity contribution in [2.75, 3.05) is 6.61 Å². The van der Waals surface area contributed by atoms with E-state index in [1.807, 2.05) is 0 Å². The monoisotopic (exact) mass is 675 g/mol. The smallest absolute Gasteiger partial charge is 0.396 e. The van der Waals surface area contributed by atoms with Crippen LogP contribution in [0.3, 0.4) is 0 Å². The Morgan fingerprint density at radius 3 is 0.870 bits per heavy atom. The minimum atomic E-state index is -4.52. The van der Waals surface area contributed by atoms with Crippen molar-refractivity contribution in [3.63, 3.8) is 0 Å². The Morgan fingerprint density at radius 1 is 0.413 bits per heavy atom. The lowest BCUT2D eigenvalue weighted by Crippen LogP contribution is -2.28. The molecule has 1 unspecified atom stereocenters. The van der Waals surface area contributed by atoms with Gasteiger partial charge in [-0.3, -0.25) is 4.55 Å². The second-order valence-corrected chi connectivity index (χ2v) is 15.6. The molecule has 0 aromatic heterocycles. The summed E-state index contributed by atoms with van der Waals surface area (Å²) in [5.74, 6) is 0.0624. The molecule has 0 spiro atoms. The molecule has 0 saturated carbocycles. The Hall–Kier alpha value is -0.170. The number of unbranched alkanes of at least 4 members (excludes halogenated alkanes) is 30. The van der Waals surface area contributed by atoms with Gasteiger partial charge in [0, 0.05) is 6.61 Å². The van der Waals surface area contributed by atoms with Gasteiger partial charge in [-0.05, 0) is 25.2 Å². The van der Waals surface area contributed by atoms with E-state index < -0.39 is 16.5 Å². The van der Waals surface area contributed by atoms with E-state index in [1.54, 1.807) is 0 Å². The summed E-state index contributed by atoms with van der Waals surface area (Å²) in [5, 5.41) is 9.55. The summed E-state index contributed by atoms with van der Waals surface area (Å²) in [5.41, 5.74) is 0. The van der Waals surface area contributed by atoms with Crippen LogP contribution in [-0.2, 0) is 14.6 Å². The lowest BCUT2D eigenvalue weighted by Gasteiger charge is -2.25. The predicted octanol–water partition coefficient (Wildman–Crippen LogP) is 13.5. The molecule has 0 amide bonds. The minimum absolute atomic E-state index is 0.0624. The largest absolute Gasteiger partial charge is 0.397 e. The Morgan fingerprint density at radius 2 is 0.652 bits per heavy atom. The molecule has 6 heteroatoms. The molecule has 2 N–H and O–H groups in total. The van der Waals surface area contributed by atoms with Gasteiger partial charge in [-0.2, -0.15) is 8.42 Å². The van der Waals surface area contributed by atoms with Crippen molar-refractivity contribution in [2.24, 2.45) is 5.92 Å². The number of hydrogen-bond acceptors (Lipinski definition) is 4. The SMILES string of the molecule is CCCCCCCCCCCCCCCCCCC(CCCCCCCCCCCCCCCCCC)C(CCO)OS(=O)(=O)O. The molecule has 0 aromatic rings. The Balaban J connectivity index is 4.00. The Kier molecular flexibility index (Phi) is 36.0. The lowest BCUT2D eigenvalue weighted by atomic mass is 9.88. The first-order chi connectivity index (χ1) is 22.4. The van der Waals surface area contributed by atoms with Gasteiger partial charge >= 0.3 is 10.4 Å². The zero-order chi connectivity index (χ0) is 33.8. The first-order valence-corrected chi connectivity index (χ1v) is 22.1. The average molecular weight is 675 g/mol. The highest BCUT2D eigenvalue weighted by Crippen LogP contribution is 2.27. The van der Waals surface area contributed by atoms with Crippen LogP contribution in [0.1, 0.15) is 239 Å². The summed E-state index contributed by atoms with van der Waals surface area (Å²) in [6.07, 6.45) is 44.1. The molecule has 46 heavy (non-hydrogen) atoms. The van der Waals surface area contributed by atoms with Crippen LogP contribution in [0.5, 0.6) is 0 Å². The van der Waals surface area contributed by atoms with Gasteiger partial charge in [-0.1, -0.05) is 219 Å². The second-order valence-electron chi connectivity index (χ2n) is 14.5. The fourth-order valence-electron chi connectivity index (χ4n) is 7.07. The van der Waals surface area contributed by atoms with Crippen LogP contribution in [0.25, 0.3) is 0 Å². The third kappa shape index (κ3) is 35.1. The number of aliphatic hydroxyl groups excluding tert-OH is 1. The molecule has 0 fully saturated rings. The van der Waals surface area contributed by atoms with Crippen molar-refractivity contribution in [3.05, 3.63) is 0 Å². The van der Waals surface area contributed by atoms with E-state index in [0.29, 0.717) is 0 Å². The van der Waals surface area contributed by atoms with E-state index in [0.717, 1.165) is 38.5 Å². The molecule has 0 saturated heterocycles. The third-order valence-corrected chi connectivity index (χ3v) is 10.5. The van der Waals surface area contributed by atoms with Crippen molar-refractivity contribution in [3.8, 4) is 0 Å². The molecule has 1 atom stereocenters. The van der Waals surface area contributed by atoms with E-state index in [2.05, 4.69) is 13.8 Å². The second kappa shape index (κ2) is 36.1. The molecule has 0 heterocycles. The Bertz CT molecular complexity index is 647. The molecule has 0 bridgehead atoms. The summed E-state index contributed by atoms with van der Waals surface area (Å²) >= 11 is 0. The van der Waals surface area contributed by atoms with Crippen molar-refractivity contribution >= 4 is 10.4 Å². The molecule has 0 radical (unpaired) electrons. The summed E-state index contributed by atoms with van der Waals surface area (Å²) in [4.78, 5) is 0. The highest BCUT2D eigenvalue weighted by atomic mass is 32.3. The van der Waals surface area contributed by atoms with Crippen LogP contribution in [0.4, 0.5) is 0 Å². The normalized spacial score (nSPS) is 12.8. The lowest BCUT2D eigenvalue weighted by molar-refractivity contribution is 0.0826. The fourth-order valence-corrected chi connectivity index (χ4v) is 7.64. The van der Waals surface area contributed by atoms with Crippen LogP contribution < -0.4 is 0 Å². The third-order valence-electron chi connectivity index (χ3n) is 10.0. The number of hydrogen-bond donors (Lipinski definition) is 2. The van der Waals surface area contributed by atoms with E-state index in [-0.39, 0.29) is 18.9 Å². The van der Waals surface area contributed by atoms with Crippen LogP contribution in [0.2, 0.25) is 0 Å². The van der Waals surface area contributed by atoms with Gasteiger partial charge in [-0.25, -0.2) is 4.18 Å². The predicted molar refractivity (Wildman–Crippen MR) is 200 cm³/mol. The summed E-state index contributed by atoms with van der Waals surface area (Å²) < 4.78 is 37.5. The molecule has 0 aliphatic heterocycles. The molecule has 0 rings (SSSR count). The summed E-state index contributed by atoms with van der Waals surface area (Å²) in [6.45, 7) is 4.43. The molecule has 5 nitrogen and oxygen atoms in total. The zero-order valence-corrected chi connectivity index (χ0v) is 32.0. The average Bonchev–Trinajstić information content (AvgIpc) is 3.02. The van der Waals surface area contributed by atoms with Crippen LogP contribution in [0, 0.1) is 5.92 Å². The molecule has 0 aliphatic carbocycles. The summed E-state index contributed by atoms with van der Waals surface area (Å²) in [6, 6.07) is 0. The topological polar surface area (TPSA) is 83.8 Å². The van der Waals surface area contributed by atoms with Crippen molar-refractivity contribution in [1.82, 2.24) is 0 Å².